The molecule has 0 saturated heterocycles. The number of pyridine rings is 1. The summed E-state index contributed by atoms with van der Waals surface area (Å²) in [6, 6.07) is 24.9. The van der Waals surface area contributed by atoms with Crippen LogP contribution in [0.1, 0.15) is 26.4 Å². The van der Waals surface area contributed by atoms with Gasteiger partial charge in [0.2, 0.25) is 0 Å². The molecule has 0 bridgehead atoms. The predicted octanol–water partition coefficient (Wildman–Crippen LogP) is 6.26. The van der Waals surface area contributed by atoms with Gasteiger partial charge in [-0.05, 0) is 42.0 Å². The quantitative estimate of drug-likeness (QED) is 0.240. The Morgan fingerprint density at radius 1 is 0.974 bits per heavy atom. The third kappa shape index (κ3) is 5.78. The summed E-state index contributed by atoms with van der Waals surface area (Å²) in [5.74, 6) is -1.86. The van der Waals surface area contributed by atoms with Crippen molar-refractivity contribution in [3.05, 3.63) is 125 Å². The lowest BCUT2D eigenvalue weighted by Crippen LogP contribution is -2.16. The zero-order valence-corrected chi connectivity index (χ0v) is 21.0. The Bertz CT molecular complexity index is 1670. The Balaban J connectivity index is 1.44. The summed E-state index contributed by atoms with van der Waals surface area (Å²) in [5.41, 5.74) is 1.62. The first-order valence-corrected chi connectivity index (χ1v) is 12.1. The fourth-order valence-electron chi connectivity index (χ4n) is 3.85. The van der Waals surface area contributed by atoms with E-state index in [2.05, 4.69) is 15.4 Å². The van der Waals surface area contributed by atoms with Crippen molar-refractivity contribution < 1.29 is 23.8 Å². The van der Waals surface area contributed by atoms with Crippen LogP contribution < -0.4 is 10.1 Å². The molecule has 2 heterocycles. The number of aromatic carboxylic acids is 1. The maximum Gasteiger partial charge on any atom is 0.356 e. The van der Waals surface area contributed by atoms with Gasteiger partial charge in [0.1, 0.15) is 29.7 Å². The average molecular weight is 543 g/mol. The monoisotopic (exact) mass is 542 g/mol. The summed E-state index contributed by atoms with van der Waals surface area (Å²) in [5, 5.41) is 16.5. The molecule has 0 aliphatic heterocycles. The minimum absolute atomic E-state index is 0.0452. The van der Waals surface area contributed by atoms with Crippen molar-refractivity contribution in [1.29, 1.82) is 0 Å². The Hall–Kier alpha value is -5.02. The first-order valence-electron chi connectivity index (χ1n) is 11.7. The van der Waals surface area contributed by atoms with E-state index >= 15 is 0 Å². The molecule has 10 heteroatoms. The van der Waals surface area contributed by atoms with Crippen LogP contribution in [-0.2, 0) is 6.61 Å². The molecular weight excluding hydrogens is 523 g/mol. The van der Waals surface area contributed by atoms with Gasteiger partial charge >= 0.3 is 5.97 Å². The number of carboxylic acid groups (broad SMARTS) is 1. The van der Waals surface area contributed by atoms with E-state index in [1.54, 1.807) is 30.3 Å². The fraction of sp³-hybridized carbons (Fsp3) is 0.0345. The molecule has 39 heavy (non-hydrogen) atoms. The largest absolute Gasteiger partial charge is 0.489 e. The van der Waals surface area contributed by atoms with E-state index in [1.807, 2.05) is 30.3 Å². The van der Waals surface area contributed by atoms with E-state index in [0.29, 0.717) is 23.6 Å². The second kappa shape index (κ2) is 11.2. The molecule has 0 radical (unpaired) electrons. The van der Waals surface area contributed by atoms with Crippen molar-refractivity contribution in [3.63, 3.8) is 0 Å². The molecule has 1 amide bonds. The van der Waals surface area contributed by atoms with Crippen LogP contribution in [0.3, 0.4) is 0 Å². The molecule has 0 aliphatic rings. The molecule has 0 spiro atoms. The number of amides is 1. The van der Waals surface area contributed by atoms with Gasteiger partial charge in [-0.25, -0.2) is 13.9 Å². The van der Waals surface area contributed by atoms with Crippen LogP contribution in [0.4, 0.5) is 10.2 Å². The van der Waals surface area contributed by atoms with Crippen molar-refractivity contribution in [1.82, 2.24) is 14.8 Å². The summed E-state index contributed by atoms with van der Waals surface area (Å²) in [6.45, 7) is 0.332. The smallest absolute Gasteiger partial charge is 0.356 e. The molecule has 0 atom stereocenters. The molecule has 3 aromatic carbocycles. The van der Waals surface area contributed by atoms with Crippen molar-refractivity contribution in [2.45, 2.75) is 6.61 Å². The number of carbonyl (C=O) groups is 2. The second-order valence-electron chi connectivity index (χ2n) is 8.39. The number of aromatic nitrogens is 3. The zero-order chi connectivity index (χ0) is 27.4. The van der Waals surface area contributed by atoms with Crippen molar-refractivity contribution in [2.24, 2.45) is 0 Å². The summed E-state index contributed by atoms with van der Waals surface area (Å²) in [4.78, 5) is 29.0. The van der Waals surface area contributed by atoms with Crippen LogP contribution in [0, 0.1) is 5.82 Å². The van der Waals surface area contributed by atoms with Crippen LogP contribution in [-0.4, -0.2) is 31.7 Å². The van der Waals surface area contributed by atoms with Crippen LogP contribution in [0.15, 0.2) is 97.2 Å². The molecule has 194 valence electrons. The van der Waals surface area contributed by atoms with Gasteiger partial charge in [-0.15, -0.1) is 0 Å². The Morgan fingerprint density at radius 2 is 1.79 bits per heavy atom. The minimum Gasteiger partial charge on any atom is -0.489 e. The number of nitrogens with zero attached hydrogens (tertiary/aromatic N) is 3. The average Bonchev–Trinajstić information content (AvgIpc) is 3.37. The van der Waals surface area contributed by atoms with Gasteiger partial charge in [-0.1, -0.05) is 54.1 Å². The van der Waals surface area contributed by atoms with E-state index in [4.69, 9.17) is 16.3 Å². The maximum atomic E-state index is 14.3. The number of carboxylic acids is 1. The third-order valence-electron chi connectivity index (χ3n) is 5.72. The van der Waals surface area contributed by atoms with Gasteiger partial charge < -0.3 is 15.2 Å². The molecule has 2 aromatic heterocycles. The van der Waals surface area contributed by atoms with Gasteiger partial charge in [-0.2, -0.15) is 5.10 Å². The summed E-state index contributed by atoms with van der Waals surface area (Å²) < 4.78 is 21.5. The Morgan fingerprint density at radius 3 is 2.56 bits per heavy atom. The second-order valence-corrected chi connectivity index (χ2v) is 8.79. The predicted molar refractivity (Wildman–Crippen MR) is 144 cm³/mol. The number of halogens is 2. The van der Waals surface area contributed by atoms with E-state index in [1.165, 1.54) is 41.2 Å². The zero-order valence-electron chi connectivity index (χ0n) is 20.2. The molecule has 5 rings (SSSR count). The lowest BCUT2D eigenvalue weighted by atomic mass is 10.1. The van der Waals surface area contributed by atoms with Gasteiger partial charge in [0.15, 0.2) is 5.69 Å². The van der Waals surface area contributed by atoms with Crippen LogP contribution in [0.25, 0.3) is 16.9 Å². The van der Waals surface area contributed by atoms with Crippen LogP contribution >= 0.6 is 11.6 Å². The summed E-state index contributed by atoms with van der Waals surface area (Å²) >= 11 is 6.30. The van der Waals surface area contributed by atoms with Crippen molar-refractivity contribution >= 4 is 29.3 Å². The molecule has 0 aliphatic carbocycles. The maximum absolute atomic E-state index is 14.3. The molecular formula is C29H20ClFN4O4. The first-order chi connectivity index (χ1) is 18.9. The van der Waals surface area contributed by atoms with Crippen molar-refractivity contribution in [2.75, 3.05) is 5.32 Å². The Kier molecular flexibility index (Phi) is 7.33. The van der Waals surface area contributed by atoms with Gasteiger partial charge in [-0.3, -0.25) is 9.78 Å². The molecule has 2 N–H and O–H groups in total. The number of carbonyl (C=O) groups excluding carboxylic acids is 1. The molecule has 0 saturated carbocycles. The van der Waals surface area contributed by atoms with Gasteiger partial charge in [0.25, 0.3) is 5.91 Å². The highest BCUT2D eigenvalue weighted by atomic mass is 35.5. The van der Waals surface area contributed by atoms with E-state index < -0.39 is 17.7 Å². The molecule has 0 unspecified atom stereocenters. The highest BCUT2D eigenvalue weighted by molar-refractivity contribution is 6.34. The number of hydrogen-bond donors (Lipinski definition) is 2. The van der Waals surface area contributed by atoms with E-state index in [0.717, 1.165) is 5.56 Å². The van der Waals surface area contributed by atoms with Crippen LogP contribution in [0.2, 0.25) is 5.02 Å². The summed E-state index contributed by atoms with van der Waals surface area (Å²) in [6.07, 6.45) is 1.44. The minimum atomic E-state index is -1.27. The number of anilines is 1. The fourth-order valence-corrected chi connectivity index (χ4v) is 4.05. The number of benzene rings is 3. The number of hydrogen-bond acceptors (Lipinski definition) is 5. The van der Waals surface area contributed by atoms with E-state index in [-0.39, 0.29) is 27.8 Å². The normalized spacial score (nSPS) is 10.7. The third-order valence-corrected chi connectivity index (χ3v) is 6.05. The SMILES string of the molecule is O=C(O)c1cc(NC(=O)c2cc(-c3ncccc3F)ccc2Cl)n(-c2cccc(OCc3ccccc3)c2)n1. The van der Waals surface area contributed by atoms with Crippen molar-refractivity contribution in [3.8, 4) is 22.7 Å². The Labute approximate surface area is 227 Å². The number of ether oxygens (including phenoxy) is 1. The molecule has 5 aromatic rings. The highest BCUT2D eigenvalue weighted by Gasteiger charge is 2.20. The standard InChI is InChI=1S/C29H20ClFN4O4/c30-23-12-11-19(27-24(31)10-5-13-32-27)14-22(23)28(36)33-26-16-25(29(37)38)34-35(26)20-8-4-9-21(15-20)39-17-18-6-2-1-3-7-18/h1-16H,17H2,(H,33,36)(H,37,38). The summed E-state index contributed by atoms with van der Waals surface area (Å²) in [7, 11) is 0. The van der Waals surface area contributed by atoms with Crippen LogP contribution in [0.5, 0.6) is 5.75 Å². The lowest BCUT2D eigenvalue weighted by Gasteiger charge is -2.12. The highest BCUT2D eigenvalue weighted by Crippen LogP contribution is 2.28. The number of nitrogens with one attached hydrogen (secondary N) is 1. The molecule has 0 fully saturated rings. The number of rotatable bonds is 8. The van der Waals surface area contributed by atoms with Gasteiger partial charge in [0.05, 0.1) is 16.3 Å². The lowest BCUT2D eigenvalue weighted by molar-refractivity contribution is 0.0689. The van der Waals surface area contributed by atoms with E-state index in [9.17, 15) is 19.1 Å². The molecule has 8 nitrogen and oxygen atoms in total. The topological polar surface area (TPSA) is 106 Å². The van der Waals surface area contributed by atoms with Gasteiger partial charge in [0, 0.05) is 23.9 Å². The first kappa shape index (κ1) is 25.6.